The second kappa shape index (κ2) is 11.6. The van der Waals surface area contributed by atoms with Crippen LogP contribution in [0.3, 0.4) is 0 Å². The summed E-state index contributed by atoms with van der Waals surface area (Å²) in [4.78, 5) is 30.1. The number of ether oxygens (including phenoxy) is 1. The van der Waals surface area contributed by atoms with E-state index in [0.717, 1.165) is 17.9 Å². The predicted molar refractivity (Wildman–Crippen MR) is 136 cm³/mol. The Bertz CT molecular complexity index is 1250. The van der Waals surface area contributed by atoms with Crippen LogP contribution in [-0.2, 0) is 12.8 Å². The minimum atomic E-state index is -0.230. The fourth-order valence-electron chi connectivity index (χ4n) is 3.27. The smallest absolute Gasteiger partial charge is 0.257 e. The van der Waals surface area contributed by atoms with Crippen LogP contribution in [0.1, 0.15) is 28.7 Å². The van der Waals surface area contributed by atoms with Crippen molar-refractivity contribution in [2.75, 3.05) is 29.6 Å². The van der Waals surface area contributed by atoms with Crippen LogP contribution in [-0.4, -0.2) is 39.5 Å². The molecule has 35 heavy (non-hydrogen) atoms. The number of methoxy groups -OCH3 is 1. The summed E-state index contributed by atoms with van der Waals surface area (Å²) in [7, 11) is 1.65. The van der Waals surface area contributed by atoms with Crippen LogP contribution in [0.5, 0.6) is 5.75 Å². The second-order valence-electron chi connectivity index (χ2n) is 7.65. The highest BCUT2D eigenvalue weighted by atomic mass is 16.5. The highest BCUT2D eigenvalue weighted by Gasteiger charge is 2.09. The van der Waals surface area contributed by atoms with Crippen LogP contribution in [0.2, 0.25) is 0 Å². The van der Waals surface area contributed by atoms with Gasteiger partial charge < -0.3 is 20.7 Å². The lowest BCUT2D eigenvalue weighted by molar-refractivity contribution is 0.102. The van der Waals surface area contributed by atoms with Crippen molar-refractivity contribution < 1.29 is 9.53 Å². The number of benzene rings is 2. The third-order valence-electron chi connectivity index (χ3n) is 5.15. The molecule has 9 heteroatoms. The predicted octanol–water partition coefficient (Wildman–Crippen LogP) is 4.49. The molecular formula is C26H27N7O2. The number of carbonyl (C=O) groups is 1. The molecular weight excluding hydrogens is 442 g/mol. The highest BCUT2D eigenvalue weighted by Crippen LogP contribution is 2.15. The van der Waals surface area contributed by atoms with Crippen LogP contribution in [0.25, 0.3) is 0 Å². The number of aryl methyl sites for hydroxylation is 1. The standard InChI is InChI=1S/C26H27N7O2/c1-3-22-30-25(27-16-15-18-9-12-21(35-2)13-10-18)33-26(31-22)32-23-14-11-19(17-28-23)24(34)29-20-7-5-4-6-8-20/h4-14,17H,3,15-16H2,1-2H3,(H,29,34)(H2,27,28,30,31,32,33). The molecule has 0 unspecified atom stereocenters. The number of hydrogen-bond donors (Lipinski definition) is 3. The van der Waals surface area contributed by atoms with Gasteiger partial charge >= 0.3 is 0 Å². The molecule has 178 valence electrons. The number of pyridine rings is 1. The zero-order chi connectivity index (χ0) is 24.5. The first-order valence-corrected chi connectivity index (χ1v) is 11.3. The third kappa shape index (κ3) is 6.73. The Morgan fingerprint density at radius 2 is 1.69 bits per heavy atom. The highest BCUT2D eigenvalue weighted by molar-refractivity contribution is 6.04. The molecule has 2 heterocycles. The lowest BCUT2D eigenvalue weighted by Crippen LogP contribution is -2.13. The van der Waals surface area contributed by atoms with E-state index in [-0.39, 0.29) is 5.91 Å². The van der Waals surface area contributed by atoms with Crippen LogP contribution >= 0.6 is 0 Å². The molecule has 0 saturated carbocycles. The summed E-state index contributed by atoms with van der Waals surface area (Å²) in [5.41, 5.74) is 2.36. The SMILES string of the molecule is CCc1nc(NCCc2ccc(OC)cc2)nc(Nc2ccc(C(=O)Nc3ccccc3)cn2)n1. The van der Waals surface area contributed by atoms with Gasteiger partial charge in [-0.1, -0.05) is 37.3 Å². The van der Waals surface area contributed by atoms with Gasteiger partial charge in [0.25, 0.3) is 5.91 Å². The maximum absolute atomic E-state index is 12.4. The summed E-state index contributed by atoms with van der Waals surface area (Å²) < 4.78 is 5.20. The Kier molecular flexibility index (Phi) is 7.80. The number of rotatable bonds is 10. The van der Waals surface area contributed by atoms with E-state index in [0.29, 0.717) is 42.1 Å². The van der Waals surface area contributed by atoms with Crippen molar-refractivity contribution in [2.24, 2.45) is 0 Å². The lowest BCUT2D eigenvalue weighted by atomic mass is 10.1. The molecule has 0 aliphatic carbocycles. The van der Waals surface area contributed by atoms with E-state index in [4.69, 9.17) is 4.74 Å². The number of carbonyl (C=O) groups excluding carboxylic acids is 1. The molecule has 3 N–H and O–H groups in total. The second-order valence-corrected chi connectivity index (χ2v) is 7.65. The molecule has 0 radical (unpaired) electrons. The van der Waals surface area contributed by atoms with E-state index in [2.05, 4.69) is 35.9 Å². The van der Waals surface area contributed by atoms with Crippen molar-refractivity contribution >= 4 is 29.3 Å². The summed E-state index contributed by atoms with van der Waals surface area (Å²) in [6, 6.07) is 20.6. The fourth-order valence-corrected chi connectivity index (χ4v) is 3.27. The van der Waals surface area contributed by atoms with E-state index in [9.17, 15) is 4.79 Å². The molecule has 9 nitrogen and oxygen atoms in total. The largest absolute Gasteiger partial charge is 0.497 e. The Hall–Kier alpha value is -4.53. The molecule has 2 aromatic heterocycles. The van der Waals surface area contributed by atoms with Gasteiger partial charge in [-0.05, 0) is 48.4 Å². The number of hydrogen-bond acceptors (Lipinski definition) is 8. The zero-order valence-corrected chi connectivity index (χ0v) is 19.7. The van der Waals surface area contributed by atoms with Crippen molar-refractivity contribution in [1.29, 1.82) is 0 Å². The first kappa shape index (κ1) is 23.6. The van der Waals surface area contributed by atoms with E-state index in [1.54, 1.807) is 19.2 Å². The monoisotopic (exact) mass is 469 g/mol. The average molecular weight is 470 g/mol. The van der Waals surface area contributed by atoms with Gasteiger partial charge in [-0.25, -0.2) is 4.98 Å². The molecule has 0 bridgehead atoms. The van der Waals surface area contributed by atoms with Gasteiger partial charge in [-0.2, -0.15) is 15.0 Å². The number of nitrogens with zero attached hydrogens (tertiary/aromatic N) is 4. The number of anilines is 4. The number of nitrogens with one attached hydrogen (secondary N) is 3. The number of aromatic nitrogens is 4. The molecule has 4 rings (SSSR count). The van der Waals surface area contributed by atoms with E-state index >= 15 is 0 Å². The first-order chi connectivity index (χ1) is 17.1. The molecule has 0 aliphatic rings. The minimum absolute atomic E-state index is 0.230. The van der Waals surface area contributed by atoms with Crippen LogP contribution in [0, 0.1) is 0 Å². The van der Waals surface area contributed by atoms with Gasteiger partial charge in [-0.3, -0.25) is 4.79 Å². The van der Waals surface area contributed by atoms with Crippen molar-refractivity contribution in [3.05, 3.63) is 89.9 Å². The molecule has 1 amide bonds. The number of amides is 1. The zero-order valence-electron chi connectivity index (χ0n) is 19.7. The molecule has 2 aromatic carbocycles. The van der Waals surface area contributed by atoms with Crippen molar-refractivity contribution in [3.63, 3.8) is 0 Å². The number of para-hydroxylation sites is 1. The van der Waals surface area contributed by atoms with Gasteiger partial charge in [0.1, 0.15) is 17.4 Å². The van der Waals surface area contributed by atoms with E-state index in [1.165, 1.54) is 11.8 Å². The van der Waals surface area contributed by atoms with Crippen LogP contribution < -0.4 is 20.7 Å². The van der Waals surface area contributed by atoms with Gasteiger partial charge in [0.05, 0.1) is 12.7 Å². The van der Waals surface area contributed by atoms with Crippen LogP contribution in [0.4, 0.5) is 23.4 Å². The van der Waals surface area contributed by atoms with Gasteiger partial charge in [0, 0.05) is 24.8 Å². The molecule has 0 saturated heterocycles. The maximum Gasteiger partial charge on any atom is 0.257 e. The Morgan fingerprint density at radius 3 is 2.37 bits per heavy atom. The summed E-state index contributed by atoms with van der Waals surface area (Å²) in [6.07, 6.45) is 2.99. The molecule has 0 fully saturated rings. The Balaban J connectivity index is 1.37. The fraction of sp³-hybridized carbons (Fsp3) is 0.192. The lowest BCUT2D eigenvalue weighted by Gasteiger charge is -2.10. The molecule has 0 atom stereocenters. The summed E-state index contributed by atoms with van der Waals surface area (Å²) >= 11 is 0. The van der Waals surface area contributed by atoms with Gasteiger partial charge in [0.15, 0.2) is 0 Å². The summed E-state index contributed by atoms with van der Waals surface area (Å²) in [6.45, 7) is 2.65. The van der Waals surface area contributed by atoms with E-state index < -0.39 is 0 Å². The van der Waals surface area contributed by atoms with Crippen molar-refractivity contribution in [1.82, 2.24) is 19.9 Å². The maximum atomic E-state index is 12.4. The Morgan fingerprint density at radius 1 is 0.914 bits per heavy atom. The van der Waals surface area contributed by atoms with Crippen LogP contribution in [0.15, 0.2) is 72.9 Å². The average Bonchev–Trinajstić information content (AvgIpc) is 2.90. The molecule has 0 aliphatic heterocycles. The van der Waals surface area contributed by atoms with Crippen molar-refractivity contribution in [2.45, 2.75) is 19.8 Å². The minimum Gasteiger partial charge on any atom is -0.497 e. The third-order valence-corrected chi connectivity index (χ3v) is 5.15. The van der Waals surface area contributed by atoms with Gasteiger partial charge in [-0.15, -0.1) is 0 Å². The normalized spacial score (nSPS) is 10.5. The topological polar surface area (TPSA) is 114 Å². The quantitative estimate of drug-likeness (QED) is 0.311. The Labute approximate surface area is 204 Å². The molecule has 4 aromatic rings. The first-order valence-electron chi connectivity index (χ1n) is 11.3. The molecule has 0 spiro atoms. The summed E-state index contributed by atoms with van der Waals surface area (Å²) in [5, 5.41) is 9.20. The van der Waals surface area contributed by atoms with E-state index in [1.807, 2.05) is 61.5 Å². The summed E-state index contributed by atoms with van der Waals surface area (Å²) in [5.74, 6) is 2.67. The van der Waals surface area contributed by atoms with Crippen molar-refractivity contribution in [3.8, 4) is 5.75 Å². The van der Waals surface area contributed by atoms with Gasteiger partial charge in [0.2, 0.25) is 11.9 Å².